The lowest BCUT2D eigenvalue weighted by molar-refractivity contribution is 0.391. The van der Waals surface area contributed by atoms with Gasteiger partial charge in [-0.2, -0.15) is 0 Å². The maximum Gasteiger partial charge on any atom is 0.191 e. The quantitative estimate of drug-likeness (QED) is 0.430. The summed E-state index contributed by atoms with van der Waals surface area (Å²) in [5.74, 6) is 2.02. The second-order valence-corrected chi connectivity index (χ2v) is 6.06. The van der Waals surface area contributed by atoms with Crippen LogP contribution in [0.25, 0.3) is 0 Å². The summed E-state index contributed by atoms with van der Waals surface area (Å²) >= 11 is 1.74. The Morgan fingerprint density at radius 1 is 1.41 bits per heavy atom. The molecule has 0 amide bonds. The van der Waals surface area contributed by atoms with E-state index < -0.39 is 0 Å². The number of aromatic nitrogens is 1. The van der Waals surface area contributed by atoms with Gasteiger partial charge in [-0.3, -0.25) is 4.99 Å². The van der Waals surface area contributed by atoms with Crippen LogP contribution < -0.4 is 10.6 Å². The number of rotatable bonds is 5. The van der Waals surface area contributed by atoms with Crippen molar-refractivity contribution in [3.63, 3.8) is 0 Å². The monoisotopic (exact) mass is 434 g/mol. The number of thiophene rings is 1. The molecule has 5 nitrogen and oxygen atoms in total. The van der Waals surface area contributed by atoms with E-state index in [-0.39, 0.29) is 24.0 Å². The van der Waals surface area contributed by atoms with Crippen molar-refractivity contribution >= 4 is 41.3 Å². The molecular formula is C15H23IN4OS. The molecule has 1 atom stereocenters. The van der Waals surface area contributed by atoms with Crippen molar-refractivity contribution in [1.29, 1.82) is 0 Å². The molecule has 0 aliphatic heterocycles. The third-order valence-corrected chi connectivity index (χ3v) is 4.27. The van der Waals surface area contributed by atoms with Gasteiger partial charge in [0.05, 0.1) is 12.2 Å². The minimum atomic E-state index is 0. The van der Waals surface area contributed by atoms with Crippen LogP contribution in [0.5, 0.6) is 0 Å². The largest absolute Gasteiger partial charge is 0.361 e. The average molecular weight is 434 g/mol. The minimum absolute atomic E-state index is 0. The Balaban J connectivity index is 0.00000242. The van der Waals surface area contributed by atoms with Crippen LogP contribution in [0.3, 0.4) is 0 Å². The van der Waals surface area contributed by atoms with Crippen molar-refractivity contribution in [3.05, 3.63) is 39.4 Å². The van der Waals surface area contributed by atoms with E-state index in [0.29, 0.717) is 5.92 Å². The number of nitrogens with zero attached hydrogens (tertiary/aromatic N) is 2. The van der Waals surface area contributed by atoms with E-state index >= 15 is 0 Å². The maximum atomic E-state index is 5.22. The summed E-state index contributed by atoms with van der Waals surface area (Å²) in [5.41, 5.74) is 2.14. The number of aryl methyl sites for hydroxylation is 2. The van der Waals surface area contributed by atoms with Crippen LogP contribution in [0.15, 0.2) is 27.0 Å². The molecule has 1 unspecified atom stereocenters. The van der Waals surface area contributed by atoms with Gasteiger partial charge < -0.3 is 15.2 Å². The van der Waals surface area contributed by atoms with E-state index in [9.17, 15) is 0 Å². The Labute approximate surface area is 152 Å². The molecule has 2 heterocycles. The summed E-state index contributed by atoms with van der Waals surface area (Å²) in [7, 11) is 1.78. The molecule has 7 heteroatoms. The molecule has 0 aliphatic rings. The molecule has 122 valence electrons. The summed E-state index contributed by atoms with van der Waals surface area (Å²) in [5, 5.41) is 12.7. The highest BCUT2D eigenvalue weighted by molar-refractivity contribution is 14.0. The smallest absolute Gasteiger partial charge is 0.191 e. The Morgan fingerprint density at radius 2 is 2.18 bits per heavy atom. The zero-order chi connectivity index (χ0) is 15.2. The standard InChI is InChI=1S/C15H22N4OS.HI/c1-10(14-11(2)19-20-12(14)3)8-17-15(16-4)18-9-13-6-5-7-21-13;/h5-7,10H,8-9H2,1-4H3,(H2,16,17,18);1H. The molecule has 0 aliphatic carbocycles. The second-order valence-electron chi connectivity index (χ2n) is 5.02. The van der Waals surface area contributed by atoms with Gasteiger partial charge in [0.1, 0.15) is 5.76 Å². The van der Waals surface area contributed by atoms with Crippen molar-refractivity contribution in [3.8, 4) is 0 Å². The van der Waals surface area contributed by atoms with Gasteiger partial charge in [0, 0.05) is 30.0 Å². The Bertz CT molecular complexity index is 575. The summed E-state index contributed by atoms with van der Waals surface area (Å²) in [6.07, 6.45) is 0. The molecule has 0 spiro atoms. The van der Waals surface area contributed by atoms with E-state index in [4.69, 9.17) is 4.52 Å². The van der Waals surface area contributed by atoms with Gasteiger partial charge >= 0.3 is 0 Å². The molecule has 2 rings (SSSR count). The zero-order valence-corrected chi connectivity index (χ0v) is 16.5. The lowest BCUT2D eigenvalue weighted by Crippen LogP contribution is -2.38. The predicted molar refractivity (Wildman–Crippen MR) is 102 cm³/mol. The maximum absolute atomic E-state index is 5.22. The van der Waals surface area contributed by atoms with Crippen LogP contribution in [0.2, 0.25) is 0 Å². The molecule has 0 bridgehead atoms. The van der Waals surface area contributed by atoms with Crippen molar-refractivity contribution < 1.29 is 4.52 Å². The molecular weight excluding hydrogens is 411 g/mol. The van der Waals surface area contributed by atoms with Gasteiger partial charge in [-0.25, -0.2) is 0 Å². The van der Waals surface area contributed by atoms with Gasteiger partial charge in [0.25, 0.3) is 0 Å². The van der Waals surface area contributed by atoms with Crippen LogP contribution >= 0.6 is 35.3 Å². The van der Waals surface area contributed by atoms with Gasteiger partial charge in [-0.05, 0) is 25.3 Å². The van der Waals surface area contributed by atoms with Gasteiger partial charge in [-0.1, -0.05) is 18.1 Å². The van der Waals surface area contributed by atoms with Gasteiger partial charge in [-0.15, -0.1) is 35.3 Å². The minimum Gasteiger partial charge on any atom is -0.361 e. The molecule has 2 aromatic rings. The van der Waals surface area contributed by atoms with Crippen LogP contribution in [0, 0.1) is 13.8 Å². The van der Waals surface area contributed by atoms with Crippen LogP contribution in [0.4, 0.5) is 0 Å². The van der Waals surface area contributed by atoms with Crippen molar-refractivity contribution in [2.75, 3.05) is 13.6 Å². The number of aliphatic imine (C=N–C) groups is 1. The molecule has 0 radical (unpaired) electrons. The highest BCUT2D eigenvalue weighted by Gasteiger charge is 2.16. The normalized spacial score (nSPS) is 12.6. The molecule has 2 aromatic heterocycles. The third kappa shape index (κ3) is 4.98. The Kier molecular flexibility index (Phi) is 7.88. The first kappa shape index (κ1) is 19.0. The topological polar surface area (TPSA) is 62.5 Å². The second kappa shape index (κ2) is 9.14. The van der Waals surface area contributed by atoms with E-state index in [2.05, 4.69) is 45.2 Å². The molecule has 22 heavy (non-hydrogen) atoms. The summed E-state index contributed by atoms with van der Waals surface area (Å²) < 4.78 is 5.22. The van der Waals surface area contributed by atoms with Crippen LogP contribution in [0.1, 0.15) is 34.7 Å². The zero-order valence-electron chi connectivity index (χ0n) is 13.3. The van der Waals surface area contributed by atoms with Gasteiger partial charge in [0.15, 0.2) is 5.96 Å². The van der Waals surface area contributed by atoms with Crippen molar-refractivity contribution in [2.24, 2.45) is 4.99 Å². The SMILES string of the molecule is CN=C(NCc1cccs1)NCC(C)c1c(C)noc1C.I. The Morgan fingerprint density at radius 3 is 2.73 bits per heavy atom. The number of halogens is 1. The van der Waals surface area contributed by atoms with Crippen molar-refractivity contribution in [1.82, 2.24) is 15.8 Å². The first-order chi connectivity index (χ1) is 10.1. The van der Waals surface area contributed by atoms with E-state index in [1.165, 1.54) is 10.4 Å². The fourth-order valence-corrected chi connectivity index (χ4v) is 2.99. The fourth-order valence-electron chi connectivity index (χ4n) is 2.35. The van der Waals surface area contributed by atoms with Crippen LogP contribution in [-0.2, 0) is 6.54 Å². The molecule has 0 fully saturated rings. The van der Waals surface area contributed by atoms with E-state index in [1.807, 2.05) is 13.8 Å². The lowest BCUT2D eigenvalue weighted by Gasteiger charge is -2.15. The van der Waals surface area contributed by atoms with E-state index in [0.717, 1.165) is 30.5 Å². The first-order valence-electron chi connectivity index (χ1n) is 7.01. The molecule has 0 saturated carbocycles. The first-order valence-corrected chi connectivity index (χ1v) is 7.89. The summed E-state index contributed by atoms with van der Waals surface area (Å²) in [4.78, 5) is 5.53. The number of hydrogen-bond donors (Lipinski definition) is 2. The molecule has 0 aromatic carbocycles. The van der Waals surface area contributed by atoms with Crippen LogP contribution in [-0.4, -0.2) is 24.7 Å². The van der Waals surface area contributed by atoms with Crippen molar-refractivity contribution in [2.45, 2.75) is 33.2 Å². The molecule has 2 N–H and O–H groups in total. The molecule has 0 saturated heterocycles. The number of hydrogen-bond acceptors (Lipinski definition) is 4. The number of guanidine groups is 1. The third-order valence-electron chi connectivity index (χ3n) is 3.39. The highest BCUT2D eigenvalue weighted by atomic mass is 127. The predicted octanol–water partition coefficient (Wildman–Crippen LogP) is 3.44. The average Bonchev–Trinajstić information content (AvgIpc) is 3.09. The van der Waals surface area contributed by atoms with Gasteiger partial charge in [0.2, 0.25) is 0 Å². The summed E-state index contributed by atoms with van der Waals surface area (Å²) in [6, 6.07) is 4.16. The lowest BCUT2D eigenvalue weighted by atomic mass is 10.00. The highest BCUT2D eigenvalue weighted by Crippen LogP contribution is 2.22. The fraction of sp³-hybridized carbons (Fsp3) is 0.467. The Hall–Kier alpha value is -1.09. The number of nitrogens with one attached hydrogen (secondary N) is 2. The van der Waals surface area contributed by atoms with E-state index in [1.54, 1.807) is 18.4 Å². The summed E-state index contributed by atoms with van der Waals surface area (Å²) in [6.45, 7) is 7.66.